The highest BCUT2D eigenvalue weighted by molar-refractivity contribution is 6.08. The lowest BCUT2D eigenvalue weighted by Crippen LogP contribution is -2.64. The van der Waals surface area contributed by atoms with E-state index in [1.807, 2.05) is 25.8 Å². The van der Waals surface area contributed by atoms with Crippen LogP contribution in [0.4, 0.5) is 24.5 Å². The summed E-state index contributed by atoms with van der Waals surface area (Å²) in [5.74, 6) is -0.384. The Morgan fingerprint density at radius 3 is 2.59 bits per heavy atom. The number of halogens is 3. The van der Waals surface area contributed by atoms with Gasteiger partial charge in [-0.3, -0.25) is 14.5 Å². The molecule has 3 aliphatic rings. The molecule has 0 aromatic heterocycles. The van der Waals surface area contributed by atoms with Crippen molar-refractivity contribution in [2.45, 2.75) is 37.5 Å². The highest BCUT2D eigenvalue weighted by Gasteiger charge is 2.48. The van der Waals surface area contributed by atoms with Crippen molar-refractivity contribution in [3.63, 3.8) is 0 Å². The summed E-state index contributed by atoms with van der Waals surface area (Å²) >= 11 is 0. The smallest absolute Gasteiger partial charge is 0.416 e. The Bertz CT molecular complexity index is 1240. The van der Waals surface area contributed by atoms with Gasteiger partial charge in [0.1, 0.15) is 11.4 Å². The molecule has 1 fully saturated rings. The molecule has 0 aliphatic carbocycles. The van der Waals surface area contributed by atoms with Crippen LogP contribution in [0.15, 0.2) is 42.5 Å². The van der Waals surface area contributed by atoms with Crippen LogP contribution in [0.3, 0.4) is 0 Å². The summed E-state index contributed by atoms with van der Waals surface area (Å²) < 4.78 is 45.8. The number of anilines is 2. The topological polar surface area (TPSA) is 70.7 Å². The number of nitrogens with one attached hydrogen (secondary N) is 2. The molecule has 5 rings (SSSR count). The van der Waals surface area contributed by atoms with E-state index in [-0.39, 0.29) is 11.7 Å². The monoisotopic (exact) mass is 471 g/mol. The van der Waals surface area contributed by atoms with Gasteiger partial charge in [0, 0.05) is 42.5 Å². The molecule has 9 heteroatoms. The minimum atomic E-state index is -4.49. The Balaban J connectivity index is 1.43. The average Bonchev–Trinajstić information content (AvgIpc) is 2.93. The van der Waals surface area contributed by atoms with Crippen LogP contribution in [0.1, 0.15) is 37.0 Å². The van der Waals surface area contributed by atoms with Gasteiger partial charge in [-0.15, -0.1) is 0 Å². The standard InChI is InChI=1S/C25H24F3N3O3/c1-23(2)18-7-5-16(10-19(18)30-22(23)33)29-21(32)8-14-11-24(12-31(3)13-24)34-20-9-15(25(26,27)28)4-6-17(14)20/h4-10H,11-13H2,1-3H3,(H,29,32)(H,30,33). The van der Waals surface area contributed by atoms with Crippen LogP contribution < -0.4 is 15.4 Å². The molecule has 34 heavy (non-hydrogen) atoms. The fourth-order valence-corrected chi connectivity index (χ4v) is 5.01. The van der Waals surface area contributed by atoms with Crippen LogP contribution in [0.5, 0.6) is 5.75 Å². The summed E-state index contributed by atoms with van der Waals surface area (Å²) in [4.78, 5) is 27.1. The number of carbonyl (C=O) groups excluding carboxylic acids is 2. The first-order valence-electron chi connectivity index (χ1n) is 10.9. The van der Waals surface area contributed by atoms with Crippen molar-refractivity contribution in [2.75, 3.05) is 30.8 Å². The zero-order valence-electron chi connectivity index (χ0n) is 19.0. The zero-order chi connectivity index (χ0) is 24.5. The maximum absolute atomic E-state index is 13.3. The van der Waals surface area contributed by atoms with Crippen molar-refractivity contribution in [2.24, 2.45) is 0 Å². The van der Waals surface area contributed by atoms with Crippen LogP contribution >= 0.6 is 0 Å². The molecule has 2 N–H and O–H groups in total. The van der Waals surface area contributed by atoms with Crippen molar-refractivity contribution in [3.8, 4) is 5.75 Å². The summed E-state index contributed by atoms with van der Waals surface area (Å²) in [6, 6.07) is 8.60. The van der Waals surface area contributed by atoms with E-state index in [1.54, 1.807) is 18.2 Å². The van der Waals surface area contributed by atoms with E-state index in [2.05, 4.69) is 10.6 Å². The summed E-state index contributed by atoms with van der Waals surface area (Å²) in [6.07, 6.45) is -2.65. The first-order valence-corrected chi connectivity index (χ1v) is 10.9. The molecule has 6 nitrogen and oxygen atoms in total. The van der Waals surface area contributed by atoms with Crippen molar-refractivity contribution < 1.29 is 27.5 Å². The Labute approximate surface area is 194 Å². The number of benzene rings is 2. The third-order valence-corrected chi connectivity index (χ3v) is 6.69. The fraction of sp³-hybridized carbons (Fsp3) is 0.360. The zero-order valence-corrected chi connectivity index (χ0v) is 19.0. The molecule has 1 spiro atoms. The van der Waals surface area contributed by atoms with Gasteiger partial charge in [-0.1, -0.05) is 12.1 Å². The summed E-state index contributed by atoms with van der Waals surface area (Å²) in [5.41, 5.74) is 1.02. The van der Waals surface area contributed by atoms with Gasteiger partial charge < -0.3 is 15.4 Å². The van der Waals surface area contributed by atoms with Crippen molar-refractivity contribution in [3.05, 3.63) is 59.2 Å². The summed E-state index contributed by atoms with van der Waals surface area (Å²) in [7, 11) is 1.90. The molecule has 2 amide bonds. The maximum Gasteiger partial charge on any atom is 0.416 e. The number of rotatable bonds is 2. The molecule has 1 saturated heterocycles. The second kappa shape index (κ2) is 7.33. The Hall–Kier alpha value is -3.33. The molecule has 0 radical (unpaired) electrons. The largest absolute Gasteiger partial charge is 0.484 e. The van der Waals surface area contributed by atoms with Gasteiger partial charge >= 0.3 is 6.18 Å². The Morgan fingerprint density at radius 1 is 1.18 bits per heavy atom. The van der Waals surface area contributed by atoms with E-state index in [0.717, 1.165) is 17.7 Å². The first-order chi connectivity index (χ1) is 15.9. The van der Waals surface area contributed by atoms with E-state index < -0.39 is 28.7 Å². The molecule has 3 aliphatic heterocycles. The number of amides is 2. The number of nitrogens with zero attached hydrogens (tertiary/aromatic N) is 1. The van der Waals surface area contributed by atoms with Crippen LogP contribution in [-0.2, 0) is 21.2 Å². The third kappa shape index (κ3) is 3.73. The quantitative estimate of drug-likeness (QED) is 0.636. The van der Waals surface area contributed by atoms with Crippen molar-refractivity contribution >= 4 is 28.8 Å². The molecular weight excluding hydrogens is 447 g/mol. The molecule has 0 saturated carbocycles. The third-order valence-electron chi connectivity index (χ3n) is 6.69. The number of carbonyl (C=O) groups is 2. The molecule has 0 unspecified atom stereocenters. The normalized spacial score (nSPS) is 21.4. The fourth-order valence-electron chi connectivity index (χ4n) is 5.01. The number of alkyl halides is 3. The minimum absolute atomic E-state index is 0.110. The number of likely N-dealkylation sites (tertiary alicyclic amines) is 1. The molecule has 2 aromatic rings. The number of hydrogen-bond acceptors (Lipinski definition) is 4. The molecule has 0 atom stereocenters. The van der Waals surface area contributed by atoms with E-state index in [1.165, 1.54) is 12.1 Å². The molecule has 3 heterocycles. The lowest BCUT2D eigenvalue weighted by atomic mass is 9.81. The van der Waals surface area contributed by atoms with Gasteiger partial charge in [-0.05, 0) is 56.3 Å². The second-order valence-corrected chi connectivity index (χ2v) is 9.84. The highest BCUT2D eigenvalue weighted by Crippen LogP contribution is 2.46. The predicted octanol–water partition coefficient (Wildman–Crippen LogP) is 4.42. The van der Waals surface area contributed by atoms with Gasteiger partial charge in [0.15, 0.2) is 0 Å². The Kier molecular flexibility index (Phi) is 4.84. The van der Waals surface area contributed by atoms with Crippen molar-refractivity contribution in [1.82, 2.24) is 4.90 Å². The first kappa shape index (κ1) is 22.5. The maximum atomic E-state index is 13.3. The van der Waals surface area contributed by atoms with Crippen LogP contribution in [0.25, 0.3) is 5.57 Å². The minimum Gasteiger partial charge on any atom is -0.484 e. The van der Waals surface area contributed by atoms with Crippen molar-refractivity contribution in [1.29, 1.82) is 0 Å². The predicted molar refractivity (Wildman–Crippen MR) is 122 cm³/mol. The SMILES string of the molecule is CN1CC2(CC(=CC(=O)Nc3ccc4c(c3)NC(=O)C4(C)C)c3ccc(C(F)(F)F)cc3O2)C1. The molecular formula is C25H24F3N3O3. The number of hydrogen-bond donors (Lipinski definition) is 2. The highest BCUT2D eigenvalue weighted by atomic mass is 19.4. The van der Waals surface area contributed by atoms with Gasteiger partial charge in [-0.2, -0.15) is 13.2 Å². The number of ether oxygens (including phenoxy) is 1. The van der Waals surface area contributed by atoms with E-state index in [9.17, 15) is 22.8 Å². The lowest BCUT2D eigenvalue weighted by Gasteiger charge is -2.51. The van der Waals surface area contributed by atoms with Crippen LogP contribution in [0.2, 0.25) is 0 Å². The number of fused-ring (bicyclic) bond motifs is 2. The van der Waals surface area contributed by atoms with Gasteiger partial charge in [0.05, 0.1) is 11.0 Å². The molecule has 2 aromatic carbocycles. The van der Waals surface area contributed by atoms with Crippen LogP contribution in [0, 0.1) is 0 Å². The van der Waals surface area contributed by atoms with E-state index >= 15 is 0 Å². The average molecular weight is 471 g/mol. The van der Waals surface area contributed by atoms with Gasteiger partial charge in [0.25, 0.3) is 0 Å². The van der Waals surface area contributed by atoms with Crippen LogP contribution in [-0.4, -0.2) is 42.5 Å². The Morgan fingerprint density at radius 2 is 1.91 bits per heavy atom. The van der Waals surface area contributed by atoms with E-state index in [4.69, 9.17) is 4.74 Å². The van der Waals surface area contributed by atoms with E-state index in [0.29, 0.717) is 42.0 Å². The molecule has 0 bridgehead atoms. The van der Waals surface area contributed by atoms with Gasteiger partial charge in [-0.25, -0.2) is 0 Å². The summed E-state index contributed by atoms with van der Waals surface area (Å²) in [5, 5.41) is 5.63. The van der Waals surface area contributed by atoms with Gasteiger partial charge in [0.2, 0.25) is 11.8 Å². The number of likely N-dealkylation sites (N-methyl/N-ethyl adjacent to an activating group) is 1. The molecule has 178 valence electrons. The summed E-state index contributed by atoms with van der Waals surface area (Å²) in [6.45, 7) is 4.78. The lowest BCUT2D eigenvalue weighted by molar-refractivity contribution is -0.138. The second-order valence-electron chi connectivity index (χ2n) is 9.84.